The van der Waals surface area contributed by atoms with Crippen molar-refractivity contribution in [3.8, 4) is 0 Å². The molecule has 1 fully saturated rings. The standard InChI is InChI=1S/C21H30Cl2N2O5/c1-14(26)24-7-9-28-13-19-16(15-5-6-17(22)18(23)11-15)12-25(8-10-29-19)20(27)30-21(2,3)4/h5-6,11,16,19H,7-10,12-13H2,1-4H3,(H,24,26)/t16-,19-/m0/s1. The Bertz CT molecular complexity index is 739. The largest absolute Gasteiger partial charge is 0.444 e. The molecule has 7 nitrogen and oxygen atoms in total. The van der Waals surface area contributed by atoms with Crippen molar-refractivity contribution < 1.29 is 23.8 Å². The second-order valence-corrected chi connectivity index (χ2v) is 8.99. The third kappa shape index (κ3) is 7.95. The topological polar surface area (TPSA) is 77.1 Å². The molecule has 0 bridgehead atoms. The van der Waals surface area contributed by atoms with E-state index >= 15 is 0 Å². The van der Waals surface area contributed by atoms with Gasteiger partial charge < -0.3 is 24.4 Å². The molecule has 30 heavy (non-hydrogen) atoms. The monoisotopic (exact) mass is 460 g/mol. The summed E-state index contributed by atoms with van der Waals surface area (Å²) in [7, 11) is 0. The molecule has 0 unspecified atom stereocenters. The fourth-order valence-electron chi connectivity index (χ4n) is 3.10. The fraction of sp³-hybridized carbons (Fsp3) is 0.619. The van der Waals surface area contributed by atoms with Crippen LogP contribution < -0.4 is 5.32 Å². The van der Waals surface area contributed by atoms with Crippen LogP contribution in [0.1, 0.15) is 39.2 Å². The molecule has 0 radical (unpaired) electrons. The van der Waals surface area contributed by atoms with Crippen molar-refractivity contribution in [3.63, 3.8) is 0 Å². The number of carbonyl (C=O) groups is 2. The number of nitrogens with one attached hydrogen (secondary N) is 1. The Balaban J connectivity index is 2.15. The molecule has 168 valence electrons. The third-order valence-electron chi connectivity index (χ3n) is 4.48. The van der Waals surface area contributed by atoms with Crippen LogP contribution in [0.25, 0.3) is 0 Å². The molecule has 9 heteroatoms. The van der Waals surface area contributed by atoms with E-state index < -0.39 is 5.60 Å². The van der Waals surface area contributed by atoms with Crippen LogP contribution in [-0.4, -0.2) is 68.1 Å². The van der Waals surface area contributed by atoms with Crippen LogP contribution in [0.5, 0.6) is 0 Å². The maximum atomic E-state index is 12.7. The van der Waals surface area contributed by atoms with Crippen LogP contribution in [0.15, 0.2) is 18.2 Å². The zero-order valence-electron chi connectivity index (χ0n) is 17.9. The van der Waals surface area contributed by atoms with Gasteiger partial charge in [0, 0.05) is 32.5 Å². The number of amides is 2. The predicted molar refractivity (Wildman–Crippen MR) is 116 cm³/mol. The van der Waals surface area contributed by atoms with Crippen LogP contribution in [0.4, 0.5) is 4.79 Å². The summed E-state index contributed by atoms with van der Waals surface area (Å²) in [6.07, 6.45) is -0.685. The number of nitrogens with zero attached hydrogens (tertiary/aromatic N) is 1. The van der Waals surface area contributed by atoms with Crippen LogP contribution in [0, 0.1) is 0 Å². The predicted octanol–water partition coefficient (Wildman–Crippen LogP) is 3.87. The van der Waals surface area contributed by atoms with Crippen molar-refractivity contribution in [3.05, 3.63) is 33.8 Å². The van der Waals surface area contributed by atoms with Gasteiger partial charge in [-0.3, -0.25) is 4.79 Å². The second-order valence-electron chi connectivity index (χ2n) is 8.17. The molecule has 2 amide bonds. The Labute approximate surface area is 187 Å². The molecule has 2 atom stereocenters. The molecule has 2 rings (SSSR count). The summed E-state index contributed by atoms with van der Waals surface area (Å²) in [5.74, 6) is -0.290. The lowest BCUT2D eigenvalue weighted by molar-refractivity contribution is -0.119. The quantitative estimate of drug-likeness (QED) is 0.651. The van der Waals surface area contributed by atoms with Crippen LogP contribution in [0.3, 0.4) is 0 Å². The molecule has 1 N–H and O–H groups in total. The molecule has 1 saturated heterocycles. The highest BCUT2D eigenvalue weighted by molar-refractivity contribution is 6.42. The Morgan fingerprint density at radius 1 is 1.27 bits per heavy atom. The van der Waals surface area contributed by atoms with Gasteiger partial charge in [-0.05, 0) is 38.5 Å². The molecule has 1 heterocycles. The number of benzene rings is 1. The minimum atomic E-state index is -0.588. The number of ether oxygens (including phenoxy) is 3. The molecular weight excluding hydrogens is 431 g/mol. The average molecular weight is 461 g/mol. The molecule has 0 saturated carbocycles. The Hall–Kier alpha value is -1.54. The fourth-order valence-corrected chi connectivity index (χ4v) is 3.40. The van der Waals surface area contributed by atoms with E-state index in [4.69, 9.17) is 37.4 Å². The minimum absolute atomic E-state index is 0.106. The van der Waals surface area contributed by atoms with Crippen LogP contribution in [-0.2, 0) is 19.0 Å². The Morgan fingerprint density at radius 2 is 2.00 bits per heavy atom. The number of hydrogen-bond acceptors (Lipinski definition) is 5. The molecule has 0 aliphatic carbocycles. The van der Waals surface area contributed by atoms with Gasteiger partial charge in [0.25, 0.3) is 0 Å². The zero-order valence-corrected chi connectivity index (χ0v) is 19.4. The normalized spacial score (nSPS) is 19.9. The van der Waals surface area contributed by atoms with Crippen molar-refractivity contribution in [2.24, 2.45) is 0 Å². The number of carbonyl (C=O) groups excluding carboxylic acids is 2. The first kappa shape index (κ1) is 24.7. The number of halogens is 2. The minimum Gasteiger partial charge on any atom is -0.444 e. The second kappa shape index (κ2) is 11.2. The maximum absolute atomic E-state index is 12.7. The van der Waals surface area contributed by atoms with Gasteiger partial charge >= 0.3 is 6.09 Å². The van der Waals surface area contributed by atoms with Crippen molar-refractivity contribution in [1.82, 2.24) is 10.2 Å². The summed E-state index contributed by atoms with van der Waals surface area (Å²) in [5.41, 5.74) is 0.311. The van der Waals surface area contributed by atoms with Gasteiger partial charge in [0.2, 0.25) is 5.91 Å². The first-order chi connectivity index (χ1) is 14.1. The summed E-state index contributed by atoms with van der Waals surface area (Å²) in [6, 6.07) is 5.41. The van der Waals surface area contributed by atoms with Crippen molar-refractivity contribution in [2.45, 2.75) is 45.3 Å². The highest BCUT2D eigenvalue weighted by Crippen LogP contribution is 2.31. The van der Waals surface area contributed by atoms with Crippen LogP contribution in [0.2, 0.25) is 10.0 Å². The molecule has 0 spiro atoms. The maximum Gasteiger partial charge on any atom is 0.410 e. The number of rotatable bonds is 6. The van der Waals surface area contributed by atoms with Crippen LogP contribution >= 0.6 is 23.2 Å². The smallest absolute Gasteiger partial charge is 0.410 e. The summed E-state index contributed by atoms with van der Waals surface area (Å²) in [6.45, 7) is 9.22. The van der Waals surface area contributed by atoms with E-state index in [1.54, 1.807) is 17.0 Å². The first-order valence-electron chi connectivity index (χ1n) is 9.93. The lowest BCUT2D eigenvalue weighted by Gasteiger charge is -2.30. The van der Waals surface area contributed by atoms with Gasteiger partial charge in [0.1, 0.15) is 5.60 Å². The highest BCUT2D eigenvalue weighted by Gasteiger charge is 2.33. The lowest BCUT2D eigenvalue weighted by atomic mass is 9.93. The first-order valence-corrected chi connectivity index (χ1v) is 10.7. The van der Waals surface area contributed by atoms with E-state index in [1.807, 2.05) is 26.8 Å². The van der Waals surface area contributed by atoms with Crippen molar-refractivity contribution >= 4 is 35.2 Å². The SMILES string of the molecule is CC(=O)NCCOC[C@@H]1OCCN(C(=O)OC(C)(C)C)C[C@H]1c1ccc(Cl)c(Cl)c1. The van der Waals surface area contributed by atoms with Gasteiger partial charge in [-0.25, -0.2) is 4.79 Å². The summed E-state index contributed by atoms with van der Waals surface area (Å²) in [5, 5.41) is 3.59. The Morgan fingerprint density at radius 3 is 2.63 bits per heavy atom. The van der Waals surface area contributed by atoms with E-state index in [9.17, 15) is 9.59 Å². The Kier molecular flexibility index (Phi) is 9.22. The van der Waals surface area contributed by atoms with E-state index in [2.05, 4.69) is 5.32 Å². The van der Waals surface area contributed by atoms with Gasteiger partial charge in [-0.15, -0.1) is 0 Å². The molecule has 1 aliphatic heterocycles. The van der Waals surface area contributed by atoms with Crippen molar-refractivity contribution in [2.75, 3.05) is 39.5 Å². The molecular formula is C21H30Cl2N2O5. The van der Waals surface area contributed by atoms with Gasteiger partial charge in [-0.1, -0.05) is 29.3 Å². The van der Waals surface area contributed by atoms with Gasteiger partial charge in [0.05, 0.1) is 36.0 Å². The molecule has 0 aromatic heterocycles. The highest BCUT2D eigenvalue weighted by atomic mass is 35.5. The van der Waals surface area contributed by atoms with E-state index in [-0.39, 0.29) is 24.0 Å². The number of hydrogen-bond donors (Lipinski definition) is 1. The van der Waals surface area contributed by atoms with Crippen molar-refractivity contribution in [1.29, 1.82) is 0 Å². The summed E-state index contributed by atoms with van der Waals surface area (Å²) in [4.78, 5) is 25.3. The van der Waals surface area contributed by atoms with Gasteiger partial charge in [-0.2, -0.15) is 0 Å². The van der Waals surface area contributed by atoms with E-state index in [1.165, 1.54) is 6.92 Å². The van der Waals surface area contributed by atoms with E-state index in [0.717, 1.165) is 5.56 Å². The summed E-state index contributed by atoms with van der Waals surface area (Å²) < 4.78 is 17.3. The average Bonchev–Trinajstić information content (AvgIpc) is 2.85. The lowest BCUT2D eigenvalue weighted by Crippen LogP contribution is -2.40. The van der Waals surface area contributed by atoms with Gasteiger partial charge in [0.15, 0.2) is 0 Å². The third-order valence-corrected chi connectivity index (χ3v) is 5.22. The summed E-state index contributed by atoms with van der Waals surface area (Å²) >= 11 is 12.3. The molecule has 1 aromatic carbocycles. The molecule has 1 aliphatic rings. The molecule has 1 aromatic rings. The van der Waals surface area contributed by atoms with E-state index in [0.29, 0.717) is 49.5 Å². The zero-order chi connectivity index (χ0) is 22.3.